The number of para-hydroxylation sites is 1. The van der Waals surface area contributed by atoms with Crippen molar-refractivity contribution >= 4 is 33.8 Å². The van der Waals surface area contributed by atoms with Crippen LogP contribution in [0.25, 0.3) is 22.1 Å². The van der Waals surface area contributed by atoms with E-state index in [0.29, 0.717) is 11.9 Å². The topological polar surface area (TPSA) is 62.1 Å². The molecule has 1 aliphatic rings. The molecule has 0 amide bonds. The number of aromatic nitrogens is 4. The van der Waals surface area contributed by atoms with E-state index in [9.17, 15) is 0 Å². The van der Waals surface area contributed by atoms with E-state index in [4.69, 9.17) is 14.5 Å². The summed E-state index contributed by atoms with van der Waals surface area (Å²) >= 11 is 1.59. The molecule has 3 aromatic rings. The standard InChI is InChI=1S/C16H18N4O2S/c1-2-20-13-6-4-3-5-12(13)14-15(20)17-16(19-18-14)23-9-11-7-8-21-10-22-11/h3-6,11H,2,7-10H2,1H3/t11-/m0/s1. The molecule has 2 aromatic heterocycles. The highest BCUT2D eigenvalue weighted by atomic mass is 32.2. The van der Waals surface area contributed by atoms with Crippen LogP contribution < -0.4 is 0 Å². The lowest BCUT2D eigenvalue weighted by Crippen LogP contribution is -2.25. The lowest BCUT2D eigenvalue weighted by atomic mass is 10.2. The van der Waals surface area contributed by atoms with Crippen LogP contribution in [-0.2, 0) is 16.0 Å². The van der Waals surface area contributed by atoms with Gasteiger partial charge in [-0.3, -0.25) is 0 Å². The van der Waals surface area contributed by atoms with Crippen molar-refractivity contribution in [1.82, 2.24) is 19.7 Å². The second kappa shape index (κ2) is 6.43. The lowest BCUT2D eigenvalue weighted by Gasteiger charge is -2.21. The molecular weight excluding hydrogens is 312 g/mol. The van der Waals surface area contributed by atoms with Crippen LogP contribution in [0.15, 0.2) is 29.4 Å². The third-order valence-corrected chi connectivity index (χ3v) is 5.01. The van der Waals surface area contributed by atoms with Crippen LogP contribution in [0.4, 0.5) is 0 Å². The first-order valence-corrected chi connectivity index (χ1v) is 8.79. The quantitative estimate of drug-likeness (QED) is 0.686. The number of benzene rings is 1. The fraction of sp³-hybridized carbons (Fsp3) is 0.438. The molecule has 3 heterocycles. The summed E-state index contributed by atoms with van der Waals surface area (Å²) in [5.41, 5.74) is 2.93. The molecule has 1 atom stereocenters. The molecule has 0 saturated carbocycles. The molecule has 1 aromatic carbocycles. The summed E-state index contributed by atoms with van der Waals surface area (Å²) in [7, 11) is 0. The highest BCUT2D eigenvalue weighted by Crippen LogP contribution is 2.27. The second-order valence-electron chi connectivity index (χ2n) is 5.44. The molecule has 120 valence electrons. The fourth-order valence-electron chi connectivity index (χ4n) is 2.87. The van der Waals surface area contributed by atoms with Crippen molar-refractivity contribution in [1.29, 1.82) is 0 Å². The summed E-state index contributed by atoms with van der Waals surface area (Å²) < 4.78 is 12.9. The summed E-state index contributed by atoms with van der Waals surface area (Å²) in [4.78, 5) is 4.73. The number of nitrogens with zero attached hydrogens (tertiary/aromatic N) is 4. The van der Waals surface area contributed by atoms with Crippen LogP contribution in [0.5, 0.6) is 0 Å². The van der Waals surface area contributed by atoms with Crippen molar-refractivity contribution in [2.75, 3.05) is 19.2 Å². The summed E-state index contributed by atoms with van der Waals surface area (Å²) in [6.45, 7) is 4.12. The van der Waals surface area contributed by atoms with Crippen LogP contribution in [0.3, 0.4) is 0 Å². The summed E-state index contributed by atoms with van der Waals surface area (Å²) in [5, 5.41) is 10.5. The van der Waals surface area contributed by atoms with E-state index < -0.39 is 0 Å². The van der Waals surface area contributed by atoms with Crippen LogP contribution >= 0.6 is 11.8 Å². The minimum atomic E-state index is 0.199. The number of fused-ring (bicyclic) bond motifs is 3. The zero-order valence-corrected chi connectivity index (χ0v) is 13.8. The van der Waals surface area contributed by atoms with Gasteiger partial charge in [0.05, 0.1) is 18.2 Å². The van der Waals surface area contributed by atoms with E-state index in [1.54, 1.807) is 11.8 Å². The number of hydrogen-bond acceptors (Lipinski definition) is 6. The largest absolute Gasteiger partial charge is 0.355 e. The molecule has 23 heavy (non-hydrogen) atoms. The molecular formula is C16H18N4O2S. The molecule has 0 spiro atoms. The van der Waals surface area contributed by atoms with Gasteiger partial charge in [0.25, 0.3) is 0 Å². The highest BCUT2D eigenvalue weighted by molar-refractivity contribution is 7.99. The number of rotatable bonds is 4. The zero-order chi connectivity index (χ0) is 15.6. The lowest BCUT2D eigenvalue weighted by molar-refractivity contribution is -0.130. The Balaban J connectivity index is 1.65. The summed E-state index contributed by atoms with van der Waals surface area (Å²) in [5.74, 6) is 0.822. The molecule has 1 fully saturated rings. The van der Waals surface area contributed by atoms with Crippen LogP contribution in [0, 0.1) is 0 Å². The van der Waals surface area contributed by atoms with Gasteiger partial charge in [0.2, 0.25) is 5.16 Å². The number of thioether (sulfide) groups is 1. The third-order valence-electron chi connectivity index (χ3n) is 4.04. The fourth-order valence-corrected chi connectivity index (χ4v) is 3.72. The van der Waals surface area contributed by atoms with Crippen molar-refractivity contribution in [2.45, 2.75) is 31.1 Å². The van der Waals surface area contributed by atoms with Gasteiger partial charge in [0, 0.05) is 17.7 Å². The second-order valence-corrected chi connectivity index (χ2v) is 6.43. The molecule has 6 nitrogen and oxygen atoms in total. The van der Waals surface area contributed by atoms with Gasteiger partial charge in [-0.2, -0.15) is 0 Å². The molecule has 0 bridgehead atoms. The molecule has 0 N–H and O–H groups in total. The predicted molar refractivity (Wildman–Crippen MR) is 89.5 cm³/mol. The average molecular weight is 330 g/mol. The number of aryl methyl sites for hydroxylation is 1. The molecule has 1 aliphatic heterocycles. The van der Waals surface area contributed by atoms with Gasteiger partial charge >= 0.3 is 0 Å². The molecule has 1 saturated heterocycles. The van der Waals surface area contributed by atoms with E-state index in [-0.39, 0.29) is 6.10 Å². The molecule has 0 aliphatic carbocycles. The Bertz CT molecular complexity index is 829. The number of hydrogen-bond donors (Lipinski definition) is 0. The normalized spacial score (nSPS) is 18.7. The van der Waals surface area contributed by atoms with Crippen molar-refractivity contribution in [2.24, 2.45) is 0 Å². The van der Waals surface area contributed by atoms with E-state index in [0.717, 1.165) is 47.4 Å². The van der Waals surface area contributed by atoms with Crippen molar-refractivity contribution < 1.29 is 9.47 Å². The maximum atomic E-state index is 5.56. The first-order chi connectivity index (χ1) is 11.4. The highest BCUT2D eigenvalue weighted by Gasteiger charge is 2.17. The van der Waals surface area contributed by atoms with Crippen molar-refractivity contribution in [3.63, 3.8) is 0 Å². The van der Waals surface area contributed by atoms with Crippen molar-refractivity contribution in [3.8, 4) is 0 Å². The Morgan fingerprint density at radius 2 is 2.22 bits per heavy atom. The maximum absolute atomic E-state index is 5.56. The molecule has 0 radical (unpaired) electrons. The average Bonchev–Trinajstić information content (AvgIpc) is 2.94. The van der Waals surface area contributed by atoms with Crippen LogP contribution in [0.1, 0.15) is 13.3 Å². The van der Waals surface area contributed by atoms with Gasteiger partial charge in [0.1, 0.15) is 12.3 Å². The first-order valence-electron chi connectivity index (χ1n) is 7.80. The van der Waals surface area contributed by atoms with Gasteiger partial charge in [0.15, 0.2) is 5.65 Å². The van der Waals surface area contributed by atoms with E-state index in [1.165, 1.54) is 0 Å². The van der Waals surface area contributed by atoms with E-state index in [2.05, 4.69) is 33.8 Å². The predicted octanol–water partition coefficient (Wildman–Crippen LogP) is 2.85. The Morgan fingerprint density at radius 1 is 1.30 bits per heavy atom. The van der Waals surface area contributed by atoms with Crippen LogP contribution in [-0.4, -0.2) is 45.0 Å². The SMILES string of the molecule is CCn1c2ccccc2c2nnc(SC[C@@H]3CCOCO3)nc21. The number of ether oxygens (including phenoxy) is 2. The first kappa shape index (κ1) is 14.9. The maximum Gasteiger partial charge on any atom is 0.211 e. The smallest absolute Gasteiger partial charge is 0.211 e. The Morgan fingerprint density at radius 3 is 3.04 bits per heavy atom. The van der Waals surface area contributed by atoms with E-state index in [1.807, 2.05) is 12.1 Å². The zero-order valence-electron chi connectivity index (χ0n) is 12.9. The summed E-state index contributed by atoms with van der Waals surface area (Å²) in [6.07, 6.45) is 1.11. The van der Waals surface area contributed by atoms with Gasteiger partial charge in [-0.25, -0.2) is 4.98 Å². The van der Waals surface area contributed by atoms with E-state index >= 15 is 0 Å². The summed E-state index contributed by atoms with van der Waals surface area (Å²) in [6, 6.07) is 8.24. The minimum absolute atomic E-state index is 0.199. The molecule has 0 unspecified atom stereocenters. The van der Waals surface area contributed by atoms with Gasteiger partial charge in [-0.1, -0.05) is 30.0 Å². The minimum Gasteiger partial charge on any atom is -0.355 e. The monoisotopic (exact) mass is 330 g/mol. The molecule has 4 rings (SSSR count). The third kappa shape index (κ3) is 2.80. The Kier molecular flexibility index (Phi) is 4.15. The van der Waals surface area contributed by atoms with Gasteiger partial charge < -0.3 is 14.0 Å². The Hall–Kier alpha value is -1.70. The van der Waals surface area contributed by atoms with Crippen molar-refractivity contribution in [3.05, 3.63) is 24.3 Å². The van der Waals surface area contributed by atoms with Gasteiger partial charge in [-0.05, 0) is 19.4 Å². The Labute approximate surface area is 138 Å². The molecule has 7 heteroatoms. The van der Waals surface area contributed by atoms with Gasteiger partial charge in [-0.15, -0.1) is 10.2 Å². The van der Waals surface area contributed by atoms with Crippen LogP contribution in [0.2, 0.25) is 0 Å².